The Balaban J connectivity index is 2.18. The maximum absolute atomic E-state index is 11.2. The van der Waals surface area contributed by atoms with Crippen molar-refractivity contribution in [3.8, 4) is 0 Å². The maximum atomic E-state index is 11.2. The lowest BCUT2D eigenvalue weighted by molar-refractivity contribution is -0.202. The van der Waals surface area contributed by atoms with E-state index in [1.165, 1.54) is 28.1 Å². The van der Waals surface area contributed by atoms with Gasteiger partial charge in [0, 0.05) is 24.0 Å². The molecule has 1 aliphatic heterocycles. The maximum Gasteiger partial charge on any atom is 0.322 e. The van der Waals surface area contributed by atoms with Gasteiger partial charge in [-0.1, -0.05) is 53.6 Å². The highest BCUT2D eigenvalue weighted by Crippen LogP contribution is 2.29. The van der Waals surface area contributed by atoms with Crippen LogP contribution >= 0.6 is 15.9 Å². The molecule has 22 heavy (non-hydrogen) atoms. The highest BCUT2D eigenvalue weighted by atomic mass is 79.9. The molecule has 1 unspecified atom stereocenters. The number of carbonyl (C=O) groups is 1. The molecule has 120 valence electrons. The quantitative estimate of drug-likeness (QED) is 0.770. The van der Waals surface area contributed by atoms with Crippen LogP contribution in [0.2, 0.25) is 0 Å². The number of carbonyl (C=O) groups excluding carboxylic acids is 1. The van der Waals surface area contributed by atoms with Crippen molar-refractivity contribution in [2.24, 2.45) is 0 Å². The summed E-state index contributed by atoms with van der Waals surface area (Å²) in [6.07, 6.45) is 6.21. The lowest BCUT2D eigenvalue weighted by Crippen LogP contribution is -2.40. The third kappa shape index (κ3) is 4.20. The highest BCUT2D eigenvalue weighted by Gasteiger charge is 2.26. The van der Waals surface area contributed by atoms with Crippen molar-refractivity contribution in [1.82, 2.24) is 5.06 Å². The Hall–Kier alpha value is -1.13. The van der Waals surface area contributed by atoms with E-state index in [9.17, 15) is 4.79 Å². The summed E-state index contributed by atoms with van der Waals surface area (Å²) in [5.41, 5.74) is 4.08. The van der Waals surface area contributed by atoms with Gasteiger partial charge in [0.2, 0.25) is 0 Å². The Labute approximate surface area is 141 Å². The van der Waals surface area contributed by atoms with Crippen molar-refractivity contribution in [2.45, 2.75) is 52.5 Å². The molecule has 0 aliphatic carbocycles. The molecule has 1 fully saturated rings. The van der Waals surface area contributed by atoms with Gasteiger partial charge < -0.3 is 4.84 Å². The molecule has 1 aliphatic rings. The van der Waals surface area contributed by atoms with E-state index < -0.39 is 0 Å². The van der Waals surface area contributed by atoms with Gasteiger partial charge in [0.1, 0.15) is 0 Å². The molecule has 0 spiro atoms. The second-order valence-electron chi connectivity index (χ2n) is 5.70. The molecule has 1 atom stereocenters. The van der Waals surface area contributed by atoms with Crippen LogP contribution in [0.4, 0.5) is 0 Å². The summed E-state index contributed by atoms with van der Waals surface area (Å²) in [6, 6.07) is 6.64. The molecular weight excluding hydrogens is 342 g/mol. The molecule has 1 aromatic rings. The second kappa shape index (κ2) is 7.93. The minimum Gasteiger partial charge on any atom is -0.368 e. The second-order valence-corrected chi connectivity index (χ2v) is 6.56. The summed E-state index contributed by atoms with van der Waals surface area (Å²) in [4.78, 5) is 16.5. The topological polar surface area (TPSA) is 29.5 Å². The van der Waals surface area contributed by atoms with Crippen LogP contribution < -0.4 is 0 Å². The smallest absolute Gasteiger partial charge is 0.322 e. The molecule has 0 N–H and O–H groups in total. The van der Waals surface area contributed by atoms with Crippen LogP contribution in [-0.4, -0.2) is 23.6 Å². The number of rotatable bonds is 4. The van der Waals surface area contributed by atoms with Gasteiger partial charge in [0.05, 0.1) is 0 Å². The summed E-state index contributed by atoms with van der Waals surface area (Å²) in [5.74, 6) is -0.230. The fraction of sp³-hybridized carbons (Fsp3) is 0.500. The van der Waals surface area contributed by atoms with Crippen LogP contribution in [0.15, 0.2) is 28.2 Å². The molecule has 0 bridgehead atoms. The molecule has 2 rings (SSSR count). The van der Waals surface area contributed by atoms with Crippen LogP contribution in [-0.2, 0) is 16.1 Å². The third-order valence-corrected chi connectivity index (χ3v) is 4.89. The fourth-order valence-electron chi connectivity index (χ4n) is 3.01. The molecule has 0 radical (unpaired) electrons. The Bertz CT molecular complexity index is 568. The van der Waals surface area contributed by atoms with Gasteiger partial charge in [-0.25, -0.2) is 0 Å². The first-order valence-corrected chi connectivity index (χ1v) is 8.76. The Morgan fingerprint density at radius 3 is 2.86 bits per heavy atom. The molecule has 0 amide bonds. The molecule has 4 heteroatoms. The zero-order valence-corrected chi connectivity index (χ0v) is 15.1. The molecule has 1 aromatic carbocycles. The van der Waals surface area contributed by atoms with E-state index in [-0.39, 0.29) is 12.0 Å². The number of piperidine rings is 1. The zero-order chi connectivity index (χ0) is 16.1. The lowest BCUT2D eigenvalue weighted by atomic mass is 9.93. The Kier molecular flexibility index (Phi) is 6.21. The largest absolute Gasteiger partial charge is 0.368 e. The van der Waals surface area contributed by atoms with Gasteiger partial charge in [-0.05, 0) is 42.9 Å². The van der Waals surface area contributed by atoms with E-state index in [0.29, 0.717) is 0 Å². The minimum absolute atomic E-state index is 0.230. The highest BCUT2D eigenvalue weighted by molar-refractivity contribution is 9.10. The van der Waals surface area contributed by atoms with Crippen LogP contribution in [0.3, 0.4) is 0 Å². The van der Waals surface area contributed by atoms with Crippen LogP contribution in [0.5, 0.6) is 0 Å². The number of hydrogen-bond donors (Lipinski definition) is 0. The molecule has 1 saturated heterocycles. The number of halogens is 1. The number of nitrogens with zero attached hydrogens (tertiary/aromatic N) is 1. The van der Waals surface area contributed by atoms with Gasteiger partial charge in [-0.15, -0.1) is 5.06 Å². The Morgan fingerprint density at radius 1 is 1.45 bits per heavy atom. The van der Waals surface area contributed by atoms with Gasteiger partial charge in [0.25, 0.3) is 0 Å². The van der Waals surface area contributed by atoms with Crippen molar-refractivity contribution in [2.75, 3.05) is 6.54 Å². The van der Waals surface area contributed by atoms with Crippen LogP contribution in [0.1, 0.15) is 51.2 Å². The summed E-state index contributed by atoms with van der Waals surface area (Å²) in [6.45, 7) is 6.56. The molecule has 0 aromatic heterocycles. The molecular formula is C18H24BrNO2. The van der Waals surface area contributed by atoms with E-state index in [4.69, 9.17) is 4.84 Å². The molecule has 1 heterocycles. The van der Waals surface area contributed by atoms with Gasteiger partial charge in [-0.3, -0.25) is 4.79 Å². The average Bonchev–Trinajstić information content (AvgIpc) is 2.48. The first-order chi connectivity index (χ1) is 10.5. The normalized spacial score (nSPS) is 21.1. The molecule has 3 nitrogen and oxygen atoms in total. The van der Waals surface area contributed by atoms with E-state index in [1.807, 2.05) is 5.06 Å². The monoisotopic (exact) mass is 365 g/mol. The van der Waals surface area contributed by atoms with E-state index in [0.717, 1.165) is 32.2 Å². The summed E-state index contributed by atoms with van der Waals surface area (Å²) < 4.78 is 1.17. The summed E-state index contributed by atoms with van der Waals surface area (Å²) in [7, 11) is 0. The van der Waals surface area contributed by atoms with Crippen molar-refractivity contribution in [1.29, 1.82) is 0 Å². The first kappa shape index (κ1) is 17.2. The van der Waals surface area contributed by atoms with Gasteiger partial charge in [0.15, 0.2) is 0 Å². The molecule has 0 saturated carbocycles. The third-order valence-electron chi connectivity index (χ3n) is 4.14. The standard InChI is InChI=1S/C18H24BrNO2/c1-4-16-12-14(9-10-20(16)22-13(3)21)11-15-7-6-8-18(19)17(15)5-2/h6-8,11,16H,4-5,9-10,12H2,1-3H3. The zero-order valence-electron chi connectivity index (χ0n) is 13.6. The minimum atomic E-state index is -0.230. The van der Waals surface area contributed by atoms with Crippen LogP contribution in [0.25, 0.3) is 6.08 Å². The van der Waals surface area contributed by atoms with Crippen molar-refractivity contribution in [3.63, 3.8) is 0 Å². The van der Waals surface area contributed by atoms with E-state index >= 15 is 0 Å². The van der Waals surface area contributed by atoms with Crippen molar-refractivity contribution >= 4 is 28.0 Å². The van der Waals surface area contributed by atoms with Crippen molar-refractivity contribution < 1.29 is 9.63 Å². The lowest BCUT2D eigenvalue weighted by Gasteiger charge is -2.34. The van der Waals surface area contributed by atoms with E-state index in [2.05, 4.69) is 54.1 Å². The predicted molar refractivity (Wildman–Crippen MR) is 93.3 cm³/mol. The van der Waals surface area contributed by atoms with Crippen molar-refractivity contribution in [3.05, 3.63) is 39.4 Å². The van der Waals surface area contributed by atoms with Gasteiger partial charge in [-0.2, -0.15) is 0 Å². The predicted octanol–water partition coefficient (Wildman–Crippen LogP) is 4.75. The van der Waals surface area contributed by atoms with Gasteiger partial charge >= 0.3 is 5.97 Å². The number of hydrogen-bond acceptors (Lipinski definition) is 3. The van der Waals surface area contributed by atoms with E-state index in [1.54, 1.807) is 0 Å². The summed E-state index contributed by atoms with van der Waals surface area (Å²) >= 11 is 3.64. The Morgan fingerprint density at radius 2 is 2.23 bits per heavy atom. The average molecular weight is 366 g/mol. The van der Waals surface area contributed by atoms with Crippen LogP contribution in [0, 0.1) is 0 Å². The fourth-order valence-corrected chi connectivity index (χ4v) is 3.67. The SMILES string of the molecule is CCc1c(Br)cccc1C=C1CCN(OC(C)=O)C(CC)C1. The first-order valence-electron chi connectivity index (χ1n) is 7.97. The number of benzene rings is 1. The summed E-state index contributed by atoms with van der Waals surface area (Å²) in [5, 5.41) is 1.85. The number of hydroxylamine groups is 2.